The van der Waals surface area contributed by atoms with E-state index in [9.17, 15) is 0 Å². The average Bonchev–Trinajstić information content (AvgIpc) is 2.41. The zero-order valence-electron chi connectivity index (χ0n) is 11.8. The van der Waals surface area contributed by atoms with Crippen molar-refractivity contribution >= 4 is 29.9 Å². The van der Waals surface area contributed by atoms with E-state index < -0.39 is 0 Å². The first-order valence-corrected chi connectivity index (χ1v) is 6.33. The molecule has 0 saturated carbocycles. The molecule has 0 amide bonds. The number of pyridine rings is 1. The Bertz CT molecular complexity index is 385. The Morgan fingerprint density at radius 1 is 1.37 bits per heavy atom. The normalized spacial score (nSPS) is 10.6. The van der Waals surface area contributed by atoms with Crippen molar-refractivity contribution in [3.05, 3.63) is 23.9 Å². The van der Waals surface area contributed by atoms with Crippen molar-refractivity contribution < 1.29 is 4.74 Å². The molecule has 0 aliphatic rings. The molecule has 19 heavy (non-hydrogen) atoms. The van der Waals surface area contributed by atoms with Crippen molar-refractivity contribution in [3.63, 3.8) is 0 Å². The number of hydrogen-bond donors (Lipinski definition) is 2. The summed E-state index contributed by atoms with van der Waals surface area (Å²) in [5.74, 6) is 1.47. The molecule has 0 bridgehead atoms. The summed E-state index contributed by atoms with van der Waals surface area (Å²) in [6, 6.07) is 3.90. The molecule has 0 unspecified atom stereocenters. The van der Waals surface area contributed by atoms with Gasteiger partial charge in [-0.25, -0.2) is 4.98 Å². The molecule has 0 radical (unpaired) electrons. The highest BCUT2D eigenvalue weighted by molar-refractivity contribution is 14.0. The average molecular weight is 378 g/mol. The van der Waals surface area contributed by atoms with Gasteiger partial charge in [0.2, 0.25) is 5.88 Å². The molecule has 1 rings (SSSR count). The van der Waals surface area contributed by atoms with E-state index >= 15 is 0 Å². The summed E-state index contributed by atoms with van der Waals surface area (Å²) < 4.78 is 5.47. The van der Waals surface area contributed by atoms with Gasteiger partial charge in [-0.15, -0.1) is 24.0 Å². The Morgan fingerprint density at radius 3 is 2.79 bits per heavy atom. The second kappa shape index (κ2) is 10.8. The van der Waals surface area contributed by atoms with Crippen LogP contribution in [0.5, 0.6) is 5.88 Å². The molecule has 0 aliphatic carbocycles. The number of halogens is 1. The van der Waals surface area contributed by atoms with Gasteiger partial charge in [0.05, 0.1) is 6.61 Å². The van der Waals surface area contributed by atoms with Crippen LogP contribution in [-0.2, 0) is 6.54 Å². The van der Waals surface area contributed by atoms with Crippen LogP contribution in [-0.4, -0.2) is 31.1 Å². The number of rotatable bonds is 6. The smallest absolute Gasteiger partial charge is 0.218 e. The van der Waals surface area contributed by atoms with Gasteiger partial charge in [-0.3, -0.25) is 4.99 Å². The Hall–Kier alpha value is -1.05. The van der Waals surface area contributed by atoms with Gasteiger partial charge in [-0.1, -0.05) is 13.0 Å². The van der Waals surface area contributed by atoms with Crippen LogP contribution in [0.15, 0.2) is 23.3 Å². The van der Waals surface area contributed by atoms with Crippen LogP contribution in [0.25, 0.3) is 0 Å². The molecule has 0 spiro atoms. The summed E-state index contributed by atoms with van der Waals surface area (Å²) in [6.07, 6.45) is 2.80. The fraction of sp³-hybridized carbons (Fsp3) is 0.538. The summed E-state index contributed by atoms with van der Waals surface area (Å²) in [6.45, 7) is 6.24. The van der Waals surface area contributed by atoms with E-state index in [0.717, 1.165) is 24.5 Å². The third-order valence-corrected chi connectivity index (χ3v) is 2.34. The van der Waals surface area contributed by atoms with E-state index in [-0.39, 0.29) is 24.0 Å². The summed E-state index contributed by atoms with van der Waals surface area (Å²) >= 11 is 0. The highest BCUT2D eigenvalue weighted by Crippen LogP contribution is 2.13. The maximum absolute atomic E-state index is 5.47. The van der Waals surface area contributed by atoms with Crippen LogP contribution in [0, 0.1) is 0 Å². The third kappa shape index (κ3) is 6.60. The van der Waals surface area contributed by atoms with Crippen LogP contribution >= 0.6 is 24.0 Å². The van der Waals surface area contributed by atoms with E-state index in [1.165, 1.54) is 0 Å². The largest absolute Gasteiger partial charge is 0.478 e. The minimum Gasteiger partial charge on any atom is -0.478 e. The standard InChI is InChI=1S/C13H22N4O.HI/c1-4-8-16-13(14-3)17-10-11-7-6-9-15-12(11)18-5-2;/h6-7,9H,4-5,8,10H2,1-3H3,(H2,14,16,17);1H. The van der Waals surface area contributed by atoms with E-state index in [1.807, 2.05) is 19.1 Å². The number of aromatic nitrogens is 1. The summed E-state index contributed by atoms with van der Waals surface area (Å²) in [7, 11) is 1.76. The van der Waals surface area contributed by atoms with Crippen molar-refractivity contribution in [2.45, 2.75) is 26.8 Å². The lowest BCUT2D eigenvalue weighted by Gasteiger charge is -2.13. The third-order valence-electron chi connectivity index (χ3n) is 2.34. The Balaban J connectivity index is 0.00000324. The molecule has 0 aromatic carbocycles. The van der Waals surface area contributed by atoms with Crippen molar-refractivity contribution in [2.24, 2.45) is 4.99 Å². The second-order valence-corrected chi connectivity index (χ2v) is 3.75. The van der Waals surface area contributed by atoms with Gasteiger partial charge < -0.3 is 15.4 Å². The van der Waals surface area contributed by atoms with Crippen molar-refractivity contribution in [3.8, 4) is 5.88 Å². The first-order valence-electron chi connectivity index (χ1n) is 6.33. The Morgan fingerprint density at radius 2 is 2.16 bits per heavy atom. The fourth-order valence-corrected chi connectivity index (χ4v) is 1.47. The molecule has 6 heteroatoms. The molecule has 0 aliphatic heterocycles. The van der Waals surface area contributed by atoms with E-state index in [2.05, 4.69) is 27.5 Å². The minimum atomic E-state index is 0. The maximum atomic E-state index is 5.47. The Labute approximate surface area is 132 Å². The summed E-state index contributed by atoms with van der Waals surface area (Å²) in [5.41, 5.74) is 1.03. The summed E-state index contributed by atoms with van der Waals surface area (Å²) in [4.78, 5) is 8.36. The quantitative estimate of drug-likeness (QED) is 0.453. The lowest BCUT2D eigenvalue weighted by Crippen LogP contribution is -2.37. The van der Waals surface area contributed by atoms with Crippen LogP contribution in [0.2, 0.25) is 0 Å². The molecular formula is C13H23IN4O. The number of guanidine groups is 1. The highest BCUT2D eigenvalue weighted by Gasteiger charge is 2.04. The monoisotopic (exact) mass is 378 g/mol. The SMILES string of the molecule is CCCNC(=NC)NCc1cccnc1OCC.I. The molecular weight excluding hydrogens is 355 g/mol. The molecule has 1 aromatic heterocycles. The lowest BCUT2D eigenvalue weighted by molar-refractivity contribution is 0.322. The molecule has 0 atom stereocenters. The molecule has 5 nitrogen and oxygen atoms in total. The molecule has 0 fully saturated rings. The van der Waals surface area contributed by atoms with Gasteiger partial charge >= 0.3 is 0 Å². The van der Waals surface area contributed by atoms with Crippen LogP contribution < -0.4 is 15.4 Å². The number of ether oxygens (including phenoxy) is 1. The molecule has 1 aromatic rings. The Kier molecular flexibility index (Phi) is 10.2. The fourth-order valence-electron chi connectivity index (χ4n) is 1.47. The number of nitrogens with one attached hydrogen (secondary N) is 2. The van der Waals surface area contributed by atoms with Crippen LogP contribution in [0.1, 0.15) is 25.8 Å². The topological polar surface area (TPSA) is 58.5 Å². The van der Waals surface area contributed by atoms with Gasteiger partial charge in [-0.05, 0) is 19.4 Å². The van der Waals surface area contributed by atoms with Crippen LogP contribution in [0.3, 0.4) is 0 Å². The first-order chi connectivity index (χ1) is 8.81. The van der Waals surface area contributed by atoms with Gasteiger partial charge in [-0.2, -0.15) is 0 Å². The zero-order valence-corrected chi connectivity index (χ0v) is 14.1. The molecule has 108 valence electrons. The van der Waals surface area contributed by atoms with Gasteiger partial charge in [0.1, 0.15) is 0 Å². The lowest BCUT2D eigenvalue weighted by atomic mass is 10.2. The van der Waals surface area contributed by atoms with E-state index in [4.69, 9.17) is 4.74 Å². The molecule has 2 N–H and O–H groups in total. The maximum Gasteiger partial charge on any atom is 0.218 e. The zero-order chi connectivity index (χ0) is 13.2. The number of aliphatic imine (C=N–C) groups is 1. The molecule has 0 saturated heterocycles. The predicted octanol–water partition coefficient (Wildman–Crippen LogP) is 2.17. The number of hydrogen-bond acceptors (Lipinski definition) is 3. The van der Waals surface area contributed by atoms with Crippen molar-refractivity contribution in [2.75, 3.05) is 20.2 Å². The van der Waals surface area contributed by atoms with Crippen LogP contribution in [0.4, 0.5) is 0 Å². The van der Waals surface area contributed by atoms with E-state index in [0.29, 0.717) is 19.0 Å². The molecule has 1 heterocycles. The highest BCUT2D eigenvalue weighted by atomic mass is 127. The summed E-state index contributed by atoms with van der Waals surface area (Å²) in [5, 5.41) is 6.46. The predicted molar refractivity (Wildman–Crippen MR) is 89.3 cm³/mol. The van der Waals surface area contributed by atoms with E-state index in [1.54, 1.807) is 13.2 Å². The van der Waals surface area contributed by atoms with Gasteiger partial charge in [0, 0.05) is 31.9 Å². The van der Waals surface area contributed by atoms with Crippen molar-refractivity contribution in [1.29, 1.82) is 0 Å². The minimum absolute atomic E-state index is 0. The number of nitrogens with zero attached hydrogens (tertiary/aromatic N) is 2. The first kappa shape index (κ1) is 17.9. The van der Waals surface area contributed by atoms with Crippen molar-refractivity contribution in [1.82, 2.24) is 15.6 Å². The second-order valence-electron chi connectivity index (χ2n) is 3.75. The van der Waals surface area contributed by atoms with Gasteiger partial charge in [0.15, 0.2) is 5.96 Å². The van der Waals surface area contributed by atoms with Gasteiger partial charge in [0.25, 0.3) is 0 Å².